The van der Waals surface area contributed by atoms with Gasteiger partial charge in [0, 0.05) is 43.6 Å². The zero-order valence-electron chi connectivity index (χ0n) is 11.3. The minimum absolute atomic E-state index is 0.741. The van der Waals surface area contributed by atoms with Gasteiger partial charge in [0.05, 0.1) is 0 Å². The number of hydrogen-bond donors (Lipinski definition) is 1. The molecule has 4 heteroatoms. The van der Waals surface area contributed by atoms with Crippen LogP contribution in [0.4, 0.5) is 5.95 Å². The molecule has 1 saturated heterocycles. The van der Waals surface area contributed by atoms with Crippen molar-refractivity contribution < 1.29 is 0 Å². The first-order valence-electron chi connectivity index (χ1n) is 7.01. The van der Waals surface area contributed by atoms with E-state index in [1.54, 1.807) is 0 Å². The Bertz CT molecular complexity index is 389. The summed E-state index contributed by atoms with van der Waals surface area (Å²) in [6.45, 7) is 7.68. The average Bonchev–Trinajstić information content (AvgIpc) is 3.14. The topological polar surface area (TPSA) is 41.1 Å². The lowest BCUT2D eigenvalue weighted by Crippen LogP contribution is -2.22. The lowest BCUT2D eigenvalue weighted by molar-refractivity contribution is 0.494. The van der Waals surface area contributed by atoms with Gasteiger partial charge in [0.1, 0.15) is 0 Å². The number of nitrogens with one attached hydrogen (secondary N) is 1. The molecule has 2 atom stereocenters. The van der Waals surface area contributed by atoms with Gasteiger partial charge in [-0.1, -0.05) is 13.8 Å². The van der Waals surface area contributed by atoms with Gasteiger partial charge in [-0.3, -0.25) is 0 Å². The molecule has 98 valence electrons. The summed E-state index contributed by atoms with van der Waals surface area (Å²) in [6, 6.07) is 0.741. The second kappa shape index (κ2) is 4.84. The van der Waals surface area contributed by atoms with Crippen LogP contribution in [0.1, 0.15) is 32.3 Å². The zero-order valence-corrected chi connectivity index (χ0v) is 11.3. The first-order chi connectivity index (χ1) is 8.72. The van der Waals surface area contributed by atoms with E-state index in [0.717, 1.165) is 43.5 Å². The van der Waals surface area contributed by atoms with Crippen molar-refractivity contribution in [1.29, 1.82) is 0 Å². The van der Waals surface area contributed by atoms with Gasteiger partial charge in [-0.2, -0.15) is 0 Å². The molecule has 1 aromatic rings. The molecule has 2 fully saturated rings. The Morgan fingerprint density at radius 2 is 1.78 bits per heavy atom. The maximum Gasteiger partial charge on any atom is 0.225 e. The van der Waals surface area contributed by atoms with Crippen LogP contribution in [-0.2, 0) is 6.54 Å². The van der Waals surface area contributed by atoms with Crippen LogP contribution in [0.15, 0.2) is 12.4 Å². The van der Waals surface area contributed by atoms with Crippen molar-refractivity contribution in [2.75, 3.05) is 18.0 Å². The molecule has 1 saturated carbocycles. The molecule has 0 amide bonds. The van der Waals surface area contributed by atoms with Gasteiger partial charge in [-0.05, 0) is 24.7 Å². The van der Waals surface area contributed by atoms with Gasteiger partial charge in [-0.25, -0.2) is 9.97 Å². The third-order valence-electron chi connectivity index (χ3n) is 4.13. The highest BCUT2D eigenvalue weighted by Gasteiger charge is 2.27. The van der Waals surface area contributed by atoms with Crippen LogP contribution in [-0.4, -0.2) is 29.1 Å². The molecule has 18 heavy (non-hydrogen) atoms. The molecule has 1 aromatic heterocycles. The largest absolute Gasteiger partial charge is 0.340 e. The number of nitrogens with zero attached hydrogens (tertiary/aromatic N) is 3. The summed E-state index contributed by atoms with van der Waals surface area (Å²) in [5, 5.41) is 3.48. The van der Waals surface area contributed by atoms with Gasteiger partial charge < -0.3 is 10.2 Å². The van der Waals surface area contributed by atoms with Crippen LogP contribution < -0.4 is 10.2 Å². The highest BCUT2D eigenvalue weighted by Crippen LogP contribution is 2.25. The summed E-state index contributed by atoms with van der Waals surface area (Å²) in [7, 11) is 0. The molecule has 4 nitrogen and oxygen atoms in total. The van der Waals surface area contributed by atoms with Crippen LogP contribution in [0.2, 0.25) is 0 Å². The fraction of sp³-hybridized carbons (Fsp3) is 0.714. The molecular weight excluding hydrogens is 224 g/mol. The normalized spacial score (nSPS) is 27.8. The predicted octanol–water partition coefficient (Wildman–Crippen LogP) is 1.82. The van der Waals surface area contributed by atoms with Crippen molar-refractivity contribution >= 4 is 5.95 Å². The number of hydrogen-bond acceptors (Lipinski definition) is 4. The molecule has 3 rings (SSSR count). The highest BCUT2D eigenvalue weighted by atomic mass is 15.3. The predicted molar refractivity (Wildman–Crippen MR) is 72.4 cm³/mol. The van der Waals surface area contributed by atoms with Gasteiger partial charge in [-0.15, -0.1) is 0 Å². The van der Waals surface area contributed by atoms with E-state index >= 15 is 0 Å². The zero-order chi connectivity index (χ0) is 12.5. The molecular formula is C14H22N4. The summed E-state index contributed by atoms with van der Waals surface area (Å²) >= 11 is 0. The summed E-state index contributed by atoms with van der Waals surface area (Å²) < 4.78 is 0. The van der Waals surface area contributed by atoms with E-state index in [4.69, 9.17) is 0 Å². The molecule has 2 aliphatic rings. The smallest absolute Gasteiger partial charge is 0.225 e. The van der Waals surface area contributed by atoms with Crippen molar-refractivity contribution in [1.82, 2.24) is 15.3 Å². The molecule has 1 aliphatic heterocycles. The Morgan fingerprint density at radius 3 is 2.33 bits per heavy atom. The standard InChI is InChI=1S/C14H22N4/c1-10-8-18(9-11(10)2)14-16-6-12(7-17-14)5-15-13-3-4-13/h6-7,10-11,13,15H,3-5,8-9H2,1-2H3. The Labute approximate surface area is 109 Å². The number of anilines is 1. The van der Waals surface area contributed by atoms with Crippen molar-refractivity contribution in [3.8, 4) is 0 Å². The Balaban J connectivity index is 1.59. The Hall–Kier alpha value is -1.16. The lowest BCUT2D eigenvalue weighted by Gasteiger charge is -2.15. The number of aromatic nitrogens is 2. The van der Waals surface area contributed by atoms with Crippen LogP contribution in [0.25, 0.3) is 0 Å². The molecule has 0 bridgehead atoms. The third kappa shape index (κ3) is 2.64. The Kier molecular flexibility index (Phi) is 3.20. The molecule has 1 aliphatic carbocycles. The highest BCUT2D eigenvalue weighted by molar-refractivity contribution is 5.32. The van der Waals surface area contributed by atoms with Crippen LogP contribution in [0.5, 0.6) is 0 Å². The molecule has 0 spiro atoms. The van der Waals surface area contributed by atoms with E-state index in [0.29, 0.717) is 0 Å². The Morgan fingerprint density at radius 1 is 1.17 bits per heavy atom. The van der Waals surface area contributed by atoms with E-state index < -0.39 is 0 Å². The maximum absolute atomic E-state index is 4.50. The quantitative estimate of drug-likeness (QED) is 0.880. The second-order valence-electron chi connectivity index (χ2n) is 5.91. The van der Waals surface area contributed by atoms with Gasteiger partial charge >= 0.3 is 0 Å². The summed E-state index contributed by atoms with van der Waals surface area (Å²) in [4.78, 5) is 11.3. The minimum Gasteiger partial charge on any atom is -0.340 e. The molecule has 2 heterocycles. The van der Waals surface area contributed by atoms with Gasteiger partial charge in [0.2, 0.25) is 5.95 Å². The van der Waals surface area contributed by atoms with Crippen LogP contribution >= 0.6 is 0 Å². The maximum atomic E-state index is 4.50. The van der Waals surface area contributed by atoms with Crippen LogP contribution in [0.3, 0.4) is 0 Å². The first-order valence-corrected chi connectivity index (χ1v) is 7.01. The summed E-state index contributed by atoms with van der Waals surface area (Å²) in [5.41, 5.74) is 1.19. The lowest BCUT2D eigenvalue weighted by atomic mass is 10.0. The molecule has 1 N–H and O–H groups in total. The minimum atomic E-state index is 0.741. The van der Waals surface area contributed by atoms with Crippen molar-refractivity contribution in [2.24, 2.45) is 11.8 Å². The van der Waals surface area contributed by atoms with E-state index in [9.17, 15) is 0 Å². The van der Waals surface area contributed by atoms with Crippen molar-refractivity contribution in [3.63, 3.8) is 0 Å². The monoisotopic (exact) mass is 246 g/mol. The van der Waals surface area contributed by atoms with Gasteiger partial charge in [0.25, 0.3) is 0 Å². The molecule has 0 aromatic carbocycles. The fourth-order valence-corrected chi connectivity index (χ4v) is 2.45. The molecule has 2 unspecified atom stereocenters. The third-order valence-corrected chi connectivity index (χ3v) is 4.13. The fourth-order valence-electron chi connectivity index (χ4n) is 2.45. The number of rotatable bonds is 4. The van der Waals surface area contributed by atoms with Crippen molar-refractivity contribution in [2.45, 2.75) is 39.3 Å². The first kappa shape index (κ1) is 11.9. The van der Waals surface area contributed by atoms with E-state index in [2.05, 4.69) is 34.0 Å². The van der Waals surface area contributed by atoms with Crippen LogP contribution in [0, 0.1) is 11.8 Å². The van der Waals surface area contributed by atoms with E-state index in [1.165, 1.54) is 18.4 Å². The SMILES string of the molecule is CC1CN(c2ncc(CNC3CC3)cn2)CC1C. The summed E-state index contributed by atoms with van der Waals surface area (Å²) in [6.07, 6.45) is 6.57. The second-order valence-corrected chi connectivity index (χ2v) is 5.91. The van der Waals surface area contributed by atoms with E-state index in [-0.39, 0.29) is 0 Å². The summed E-state index contributed by atoms with van der Waals surface area (Å²) in [5.74, 6) is 2.37. The average molecular weight is 246 g/mol. The van der Waals surface area contributed by atoms with Gasteiger partial charge in [0.15, 0.2) is 0 Å². The van der Waals surface area contributed by atoms with E-state index in [1.807, 2.05) is 12.4 Å². The van der Waals surface area contributed by atoms with Crippen molar-refractivity contribution in [3.05, 3.63) is 18.0 Å². The molecule has 0 radical (unpaired) electrons.